The molecule has 1 N–H and O–H groups in total. The van der Waals surface area contributed by atoms with Gasteiger partial charge in [-0.1, -0.05) is 66.7 Å². The molecule has 3 aromatic carbocycles. The minimum Gasteiger partial charge on any atom is -0.489 e. The number of carboxylic acid groups (broad SMARTS) is 1. The molecule has 0 aromatic heterocycles. The zero-order chi connectivity index (χ0) is 18.9. The Hall–Kier alpha value is -3.07. The molecule has 0 amide bonds. The summed E-state index contributed by atoms with van der Waals surface area (Å²) in [7, 11) is 0. The number of aryl methyl sites for hydroxylation is 2. The van der Waals surface area contributed by atoms with Crippen LogP contribution < -0.4 is 4.74 Å². The van der Waals surface area contributed by atoms with Gasteiger partial charge in [0.2, 0.25) is 0 Å². The van der Waals surface area contributed by atoms with Gasteiger partial charge in [0.15, 0.2) is 0 Å². The van der Waals surface area contributed by atoms with E-state index in [1.165, 1.54) is 5.56 Å². The topological polar surface area (TPSA) is 46.5 Å². The summed E-state index contributed by atoms with van der Waals surface area (Å²) in [5.41, 5.74) is 3.65. The Labute approximate surface area is 160 Å². The fourth-order valence-electron chi connectivity index (χ4n) is 3.16. The number of rotatable bonds is 9. The van der Waals surface area contributed by atoms with Crippen molar-refractivity contribution in [3.05, 3.63) is 101 Å². The third kappa shape index (κ3) is 5.45. The number of benzene rings is 3. The first kappa shape index (κ1) is 18.7. The van der Waals surface area contributed by atoms with Crippen molar-refractivity contribution in [2.75, 3.05) is 0 Å². The second-order valence-corrected chi connectivity index (χ2v) is 6.55. The molecule has 0 atom stereocenters. The van der Waals surface area contributed by atoms with E-state index in [9.17, 15) is 9.90 Å². The van der Waals surface area contributed by atoms with E-state index in [0.717, 1.165) is 42.6 Å². The number of hydrogen-bond donors (Lipinski definition) is 1. The lowest BCUT2D eigenvalue weighted by Crippen LogP contribution is -2.02. The fourth-order valence-corrected chi connectivity index (χ4v) is 3.16. The quantitative estimate of drug-likeness (QED) is 0.510. The van der Waals surface area contributed by atoms with Crippen LogP contribution in [0.1, 0.15) is 39.9 Å². The fraction of sp³-hybridized carbons (Fsp3) is 0.208. The van der Waals surface area contributed by atoms with Gasteiger partial charge in [-0.15, -0.1) is 0 Å². The van der Waals surface area contributed by atoms with Crippen LogP contribution >= 0.6 is 0 Å². The van der Waals surface area contributed by atoms with Crippen LogP contribution in [0.3, 0.4) is 0 Å². The molecule has 3 nitrogen and oxygen atoms in total. The highest BCUT2D eigenvalue weighted by Gasteiger charge is 2.09. The van der Waals surface area contributed by atoms with Gasteiger partial charge in [0, 0.05) is 0 Å². The van der Waals surface area contributed by atoms with Crippen molar-refractivity contribution in [3.8, 4) is 5.75 Å². The largest absolute Gasteiger partial charge is 0.489 e. The Bertz CT molecular complexity index is 872. The van der Waals surface area contributed by atoms with Crippen LogP contribution in [0.5, 0.6) is 5.75 Å². The van der Waals surface area contributed by atoms with Gasteiger partial charge in [0.25, 0.3) is 0 Å². The van der Waals surface area contributed by atoms with Crippen LogP contribution in [0.25, 0.3) is 0 Å². The molecule has 0 fully saturated rings. The molecule has 27 heavy (non-hydrogen) atoms. The molecule has 0 saturated heterocycles. The highest BCUT2D eigenvalue weighted by molar-refractivity contribution is 5.89. The van der Waals surface area contributed by atoms with Crippen molar-refractivity contribution in [3.63, 3.8) is 0 Å². The van der Waals surface area contributed by atoms with E-state index in [1.807, 2.05) is 48.5 Å². The van der Waals surface area contributed by atoms with E-state index < -0.39 is 5.97 Å². The summed E-state index contributed by atoms with van der Waals surface area (Å²) in [6, 6.07) is 25.5. The summed E-state index contributed by atoms with van der Waals surface area (Å²) in [6.07, 6.45) is 3.62. The van der Waals surface area contributed by atoms with Crippen LogP contribution in [0.4, 0.5) is 0 Å². The van der Waals surface area contributed by atoms with Crippen LogP contribution in [-0.4, -0.2) is 11.1 Å². The first-order chi connectivity index (χ1) is 13.2. The zero-order valence-electron chi connectivity index (χ0n) is 15.3. The normalized spacial score (nSPS) is 10.5. The summed E-state index contributed by atoms with van der Waals surface area (Å²) in [5, 5.41) is 9.27. The zero-order valence-corrected chi connectivity index (χ0v) is 15.3. The number of carbonyl (C=O) groups is 1. The van der Waals surface area contributed by atoms with E-state index in [-0.39, 0.29) is 0 Å². The monoisotopic (exact) mass is 360 g/mol. The Kier molecular flexibility index (Phi) is 6.64. The second kappa shape index (κ2) is 9.58. The number of carboxylic acids is 1. The van der Waals surface area contributed by atoms with Gasteiger partial charge < -0.3 is 9.84 Å². The smallest absolute Gasteiger partial charge is 0.335 e. The molecule has 138 valence electrons. The molecule has 3 aromatic rings. The van der Waals surface area contributed by atoms with Crippen molar-refractivity contribution in [2.45, 2.75) is 32.3 Å². The summed E-state index contributed by atoms with van der Waals surface area (Å²) >= 11 is 0. The SMILES string of the molecule is O=C(O)c1ccccc1CCCCc1ccccc1OCc1ccccc1. The summed E-state index contributed by atoms with van der Waals surface area (Å²) in [4.78, 5) is 11.3. The predicted octanol–water partition coefficient (Wildman–Crippen LogP) is 5.53. The maximum Gasteiger partial charge on any atom is 0.335 e. The van der Waals surface area contributed by atoms with Gasteiger partial charge in [-0.05, 0) is 54.5 Å². The number of para-hydroxylation sites is 1. The van der Waals surface area contributed by atoms with Crippen molar-refractivity contribution < 1.29 is 14.6 Å². The van der Waals surface area contributed by atoms with Crippen LogP contribution in [0, 0.1) is 0 Å². The molecule has 0 radical (unpaired) electrons. The van der Waals surface area contributed by atoms with Crippen molar-refractivity contribution in [1.29, 1.82) is 0 Å². The predicted molar refractivity (Wildman–Crippen MR) is 107 cm³/mol. The number of aromatic carboxylic acids is 1. The molecular weight excluding hydrogens is 336 g/mol. The summed E-state index contributed by atoms with van der Waals surface area (Å²) in [6.45, 7) is 0.559. The van der Waals surface area contributed by atoms with Gasteiger partial charge >= 0.3 is 5.97 Å². The highest BCUT2D eigenvalue weighted by Crippen LogP contribution is 2.22. The van der Waals surface area contributed by atoms with Gasteiger partial charge in [-0.3, -0.25) is 0 Å². The lowest BCUT2D eigenvalue weighted by molar-refractivity contribution is 0.0695. The Morgan fingerprint density at radius 3 is 2.07 bits per heavy atom. The average molecular weight is 360 g/mol. The molecule has 0 aliphatic heterocycles. The molecule has 3 heteroatoms. The second-order valence-electron chi connectivity index (χ2n) is 6.55. The lowest BCUT2D eigenvalue weighted by Gasteiger charge is -2.12. The third-order valence-corrected chi connectivity index (χ3v) is 4.60. The van der Waals surface area contributed by atoms with Crippen LogP contribution in [0.15, 0.2) is 78.9 Å². The molecular formula is C24H24O3. The number of ether oxygens (including phenoxy) is 1. The van der Waals surface area contributed by atoms with Crippen molar-refractivity contribution in [2.24, 2.45) is 0 Å². The minimum absolute atomic E-state index is 0.407. The number of hydrogen-bond acceptors (Lipinski definition) is 2. The van der Waals surface area contributed by atoms with E-state index in [2.05, 4.69) is 18.2 Å². The Morgan fingerprint density at radius 2 is 1.33 bits per heavy atom. The van der Waals surface area contributed by atoms with E-state index in [0.29, 0.717) is 12.2 Å². The first-order valence-electron chi connectivity index (χ1n) is 9.30. The summed E-state index contributed by atoms with van der Waals surface area (Å²) in [5.74, 6) is 0.0672. The third-order valence-electron chi connectivity index (χ3n) is 4.60. The van der Waals surface area contributed by atoms with E-state index >= 15 is 0 Å². The molecule has 0 bridgehead atoms. The molecule has 0 aliphatic carbocycles. The summed E-state index contributed by atoms with van der Waals surface area (Å²) < 4.78 is 6.01. The first-order valence-corrected chi connectivity index (χ1v) is 9.30. The van der Waals surface area contributed by atoms with Crippen LogP contribution in [-0.2, 0) is 19.4 Å². The standard InChI is InChI=1S/C24H24O3/c25-24(26)22-16-8-6-13-20(22)12-4-5-14-21-15-7-9-17-23(21)27-18-19-10-2-1-3-11-19/h1-3,6-11,13,15-17H,4-5,12,14,18H2,(H,25,26). The molecule has 0 spiro atoms. The molecule has 0 heterocycles. The van der Waals surface area contributed by atoms with Gasteiger partial charge in [-0.25, -0.2) is 4.79 Å². The Balaban J connectivity index is 1.54. The number of unbranched alkanes of at least 4 members (excludes halogenated alkanes) is 1. The van der Waals surface area contributed by atoms with E-state index in [1.54, 1.807) is 12.1 Å². The van der Waals surface area contributed by atoms with Crippen LogP contribution in [0.2, 0.25) is 0 Å². The minimum atomic E-state index is -0.856. The highest BCUT2D eigenvalue weighted by atomic mass is 16.5. The van der Waals surface area contributed by atoms with Gasteiger partial charge in [0.05, 0.1) is 5.56 Å². The maximum atomic E-state index is 11.3. The Morgan fingerprint density at radius 1 is 0.741 bits per heavy atom. The van der Waals surface area contributed by atoms with Gasteiger partial charge in [-0.2, -0.15) is 0 Å². The van der Waals surface area contributed by atoms with E-state index in [4.69, 9.17) is 4.74 Å². The molecule has 3 rings (SSSR count). The molecule has 0 unspecified atom stereocenters. The molecule has 0 aliphatic rings. The maximum absolute atomic E-state index is 11.3. The lowest BCUT2D eigenvalue weighted by atomic mass is 9.99. The van der Waals surface area contributed by atoms with Crippen molar-refractivity contribution in [1.82, 2.24) is 0 Å². The molecule has 0 saturated carbocycles. The van der Waals surface area contributed by atoms with Crippen molar-refractivity contribution >= 4 is 5.97 Å². The average Bonchev–Trinajstić information content (AvgIpc) is 2.71. The van der Waals surface area contributed by atoms with Gasteiger partial charge in [0.1, 0.15) is 12.4 Å².